The molecule has 0 aliphatic carbocycles. The van der Waals surface area contributed by atoms with Crippen molar-refractivity contribution < 1.29 is 9.59 Å². The topological polar surface area (TPSA) is 60.2 Å². The molecule has 2 N–H and O–H groups in total. The molecule has 5 heteroatoms. The fraction of sp³-hybridized carbons (Fsp3) is 0.600. The molecular formula is C5H7Br2NO2. The SMILES string of the molecule is N[C@@H](CCC(=O)Br)C(=O)Br. The van der Waals surface area contributed by atoms with Crippen LogP contribution in [0.15, 0.2) is 0 Å². The van der Waals surface area contributed by atoms with Gasteiger partial charge in [0.2, 0.25) is 4.69 Å². The average molecular weight is 273 g/mol. The van der Waals surface area contributed by atoms with Crippen LogP contribution in [-0.2, 0) is 9.59 Å². The van der Waals surface area contributed by atoms with Crippen molar-refractivity contribution in [1.82, 2.24) is 0 Å². The van der Waals surface area contributed by atoms with Crippen LogP contribution in [0.25, 0.3) is 0 Å². The molecule has 0 aliphatic rings. The molecule has 3 nitrogen and oxygen atoms in total. The number of rotatable bonds is 4. The van der Waals surface area contributed by atoms with E-state index in [0.29, 0.717) is 12.8 Å². The number of carbonyl (C=O) groups excluding carboxylic acids is 2. The summed E-state index contributed by atoms with van der Waals surface area (Å²) in [5.41, 5.74) is 5.30. The van der Waals surface area contributed by atoms with Gasteiger partial charge >= 0.3 is 0 Å². The third-order valence-electron chi connectivity index (χ3n) is 0.943. The largest absolute Gasteiger partial charge is 0.321 e. The molecule has 0 rings (SSSR count). The summed E-state index contributed by atoms with van der Waals surface area (Å²) in [5, 5.41) is 0. The van der Waals surface area contributed by atoms with E-state index in [1.807, 2.05) is 0 Å². The molecule has 0 aromatic heterocycles. The van der Waals surface area contributed by atoms with E-state index in [0.717, 1.165) is 0 Å². The Balaban J connectivity index is 3.49. The van der Waals surface area contributed by atoms with Crippen LogP contribution in [0.5, 0.6) is 0 Å². The molecule has 10 heavy (non-hydrogen) atoms. The number of hydrogen-bond donors (Lipinski definition) is 1. The normalized spacial score (nSPS) is 12.7. The van der Waals surface area contributed by atoms with Gasteiger partial charge in [-0.1, -0.05) is 0 Å². The Hall–Kier alpha value is 0.260. The van der Waals surface area contributed by atoms with Gasteiger partial charge in [0.25, 0.3) is 0 Å². The van der Waals surface area contributed by atoms with Crippen LogP contribution in [0.4, 0.5) is 0 Å². The number of nitrogens with two attached hydrogens (primary N) is 1. The minimum atomic E-state index is -0.568. The lowest BCUT2D eigenvalue weighted by Gasteiger charge is -2.01. The molecule has 0 bridgehead atoms. The highest BCUT2D eigenvalue weighted by Crippen LogP contribution is 2.03. The van der Waals surface area contributed by atoms with E-state index in [-0.39, 0.29) is 9.39 Å². The predicted octanol–water partition coefficient (Wildman–Crippen LogP) is 0.937. The lowest BCUT2D eigenvalue weighted by molar-refractivity contribution is -0.112. The maximum absolute atomic E-state index is 10.4. The maximum atomic E-state index is 10.4. The van der Waals surface area contributed by atoms with Crippen molar-refractivity contribution in [3.63, 3.8) is 0 Å². The first-order valence-corrected chi connectivity index (χ1v) is 4.26. The van der Waals surface area contributed by atoms with Crippen molar-refractivity contribution in [2.75, 3.05) is 0 Å². The maximum Gasteiger partial charge on any atom is 0.214 e. The Labute approximate surface area is 75.6 Å². The van der Waals surface area contributed by atoms with E-state index in [1.165, 1.54) is 0 Å². The molecular weight excluding hydrogens is 266 g/mol. The van der Waals surface area contributed by atoms with Crippen LogP contribution in [0.1, 0.15) is 12.8 Å². The van der Waals surface area contributed by atoms with Gasteiger partial charge in [0.1, 0.15) is 0 Å². The monoisotopic (exact) mass is 271 g/mol. The van der Waals surface area contributed by atoms with Crippen molar-refractivity contribution in [3.8, 4) is 0 Å². The fourth-order valence-corrected chi connectivity index (χ4v) is 0.840. The molecule has 0 spiro atoms. The molecule has 0 amide bonds. The third-order valence-corrected chi connectivity index (χ3v) is 1.93. The smallest absolute Gasteiger partial charge is 0.214 e. The van der Waals surface area contributed by atoms with E-state index < -0.39 is 6.04 Å². The molecule has 0 heterocycles. The first-order valence-electron chi connectivity index (χ1n) is 2.67. The first-order chi connectivity index (χ1) is 4.54. The molecule has 0 aliphatic heterocycles. The summed E-state index contributed by atoms with van der Waals surface area (Å²) in [6.07, 6.45) is 0.673. The van der Waals surface area contributed by atoms with Crippen molar-refractivity contribution >= 4 is 41.2 Å². The van der Waals surface area contributed by atoms with Gasteiger partial charge < -0.3 is 5.73 Å². The van der Waals surface area contributed by atoms with Gasteiger partial charge in [-0.05, 0) is 38.3 Å². The zero-order valence-electron chi connectivity index (χ0n) is 5.14. The van der Waals surface area contributed by atoms with E-state index in [1.54, 1.807) is 0 Å². The third kappa shape index (κ3) is 5.08. The summed E-state index contributed by atoms with van der Waals surface area (Å²) in [6.45, 7) is 0. The second-order valence-electron chi connectivity index (χ2n) is 1.80. The van der Waals surface area contributed by atoms with E-state index >= 15 is 0 Å². The lowest BCUT2D eigenvalue weighted by Crippen LogP contribution is -2.26. The van der Waals surface area contributed by atoms with Crippen molar-refractivity contribution in [2.45, 2.75) is 18.9 Å². The van der Waals surface area contributed by atoms with Crippen LogP contribution in [-0.4, -0.2) is 15.4 Å². The zero-order chi connectivity index (χ0) is 8.15. The Morgan fingerprint density at radius 2 is 1.90 bits per heavy atom. The molecule has 0 fully saturated rings. The number of hydrogen-bond acceptors (Lipinski definition) is 3. The van der Waals surface area contributed by atoms with Gasteiger partial charge in [-0.25, -0.2) is 0 Å². The second-order valence-corrected chi connectivity index (χ2v) is 3.47. The average Bonchev–Trinajstić information content (AvgIpc) is 1.82. The van der Waals surface area contributed by atoms with Gasteiger partial charge in [0, 0.05) is 6.42 Å². The van der Waals surface area contributed by atoms with E-state index in [2.05, 4.69) is 31.9 Å². The zero-order valence-corrected chi connectivity index (χ0v) is 8.31. The van der Waals surface area contributed by atoms with Crippen LogP contribution in [0, 0.1) is 0 Å². The second kappa shape index (κ2) is 4.98. The minimum Gasteiger partial charge on any atom is -0.321 e. The molecule has 58 valence electrons. The van der Waals surface area contributed by atoms with Crippen molar-refractivity contribution in [1.29, 1.82) is 0 Å². The molecule has 0 saturated carbocycles. The van der Waals surface area contributed by atoms with Gasteiger partial charge in [0.05, 0.1) is 6.04 Å². The van der Waals surface area contributed by atoms with Crippen LogP contribution >= 0.6 is 31.9 Å². The number of halogens is 2. The number of carbonyl (C=O) groups is 2. The van der Waals surface area contributed by atoms with Crippen LogP contribution < -0.4 is 5.73 Å². The van der Waals surface area contributed by atoms with Gasteiger partial charge in [-0.3, -0.25) is 9.59 Å². The highest BCUT2D eigenvalue weighted by Gasteiger charge is 2.10. The summed E-state index contributed by atoms with van der Waals surface area (Å²) in [7, 11) is 0. The fourth-order valence-electron chi connectivity index (χ4n) is 0.382. The molecule has 0 aromatic carbocycles. The quantitative estimate of drug-likeness (QED) is 0.775. The lowest BCUT2D eigenvalue weighted by atomic mass is 10.2. The molecule has 1 atom stereocenters. The van der Waals surface area contributed by atoms with Crippen molar-refractivity contribution in [2.24, 2.45) is 5.73 Å². The summed E-state index contributed by atoms with van der Waals surface area (Å²) in [6, 6.07) is -0.568. The Kier molecular flexibility index (Phi) is 5.11. The Morgan fingerprint density at radius 3 is 2.20 bits per heavy atom. The van der Waals surface area contributed by atoms with Crippen LogP contribution in [0.3, 0.4) is 0 Å². The minimum absolute atomic E-state index is 0.128. The Morgan fingerprint density at radius 1 is 1.40 bits per heavy atom. The summed E-state index contributed by atoms with van der Waals surface area (Å²) < 4.78 is -0.391. The molecule has 0 radical (unpaired) electrons. The molecule has 0 unspecified atom stereocenters. The van der Waals surface area contributed by atoms with E-state index in [9.17, 15) is 9.59 Å². The van der Waals surface area contributed by atoms with Gasteiger partial charge in [0.15, 0.2) is 4.69 Å². The first kappa shape index (κ1) is 10.3. The standard InChI is InChI=1S/C5H7Br2NO2/c6-4(9)2-1-3(8)5(7)10/h3H,1-2,8H2/t3-/m0/s1. The molecule has 0 aromatic rings. The van der Waals surface area contributed by atoms with Crippen molar-refractivity contribution in [3.05, 3.63) is 0 Å². The summed E-state index contributed by atoms with van der Waals surface area (Å²) in [5.74, 6) is 0. The predicted molar refractivity (Wildman–Crippen MR) is 45.1 cm³/mol. The molecule has 0 saturated heterocycles. The van der Waals surface area contributed by atoms with Crippen LogP contribution in [0.2, 0.25) is 0 Å². The Bertz CT molecular complexity index is 149. The van der Waals surface area contributed by atoms with Gasteiger partial charge in [-0.15, -0.1) is 0 Å². The highest BCUT2D eigenvalue weighted by atomic mass is 79.9. The highest BCUT2D eigenvalue weighted by molar-refractivity contribution is 9.18. The summed E-state index contributed by atoms with van der Waals surface area (Å²) >= 11 is 5.43. The van der Waals surface area contributed by atoms with Gasteiger partial charge in [-0.2, -0.15) is 0 Å². The van der Waals surface area contributed by atoms with E-state index in [4.69, 9.17) is 5.73 Å². The summed E-state index contributed by atoms with van der Waals surface area (Å²) in [4.78, 5) is 20.7.